The van der Waals surface area contributed by atoms with Crippen molar-refractivity contribution >= 4 is 29.5 Å². The maximum Gasteiger partial charge on any atom is 0.211 e. The van der Waals surface area contributed by atoms with Crippen LogP contribution in [0.25, 0.3) is 0 Å². The maximum atomic E-state index is 11.1. The van der Waals surface area contributed by atoms with Crippen LogP contribution in [0.5, 0.6) is 0 Å². The zero-order valence-corrected chi connectivity index (χ0v) is 12.0. The Morgan fingerprint density at radius 3 is 2.74 bits per heavy atom. The number of anilines is 1. The van der Waals surface area contributed by atoms with Crippen LogP contribution in [0, 0.1) is 0 Å². The van der Waals surface area contributed by atoms with E-state index in [4.69, 9.17) is 11.6 Å². The van der Waals surface area contributed by atoms with Crippen LogP contribution in [-0.4, -0.2) is 12.2 Å². The number of unbranched alkanes of at least 4 members (excludes halogenated alkanes) is 2. The van der Waals surface area contributed by atoms with E-state index < -0.39 is 0 Å². The maximum absolute atomic E-state index is 11.1. The van der Waals surface area contributed by atoms with Gasteiger partial charge in [-0.2, -0.15) is 0 Å². The number of nitrogens with one attached hydrogen (secondary N) is 1. The minimum absolute atomic E-state index is 0.334. The van der Waals surface area contributed by atoms with Gasteiger partial charge in [0.1, 0.15) is 5.78 Å². The average Bonchev–Trinajstić information content (AvgIpc) is 2.37. The van der Waals surface area contributed by atoms with Gasteiger partial charge < -0.3 is 5.32 Å². The molecule has 0 aromatic heterocycles. The Hall–Kier alpha value is -1.35. The lowest BCUT2D eigenvalue weighted by molar-refractivity contribution is -0.118. The predicted octanol–water partition coefficient (Wildman–Crippen LogP) is 3.99. The molecular weight excluding hydrogens is 262 g/mol. The van der Waals surface area contributed by atoms with Crippen LogP contribution in [0.15, 0.2) is 18.2 Å². The standard InChI is InChI=1S/C15H20ClNO2/c1-2-15(19)7-5-3-4-6-12-8-13(16)10-14(9-12)17-11-18/h8-11H,2-7H2,1H3,(H,17,18). The number of halogens is 1. The largest absolute Gasteiger partial charge is 0.329 e. The fourth-order valence-corrected chi connectivity index (χ4v) is 2.21. The second kappa shape index (κ2) is 8.70. The third-order valence-corrected chi connectivity index (χ3v) is 3.22. The van der Waals surface area contributed by atoms with Crippen LogP contribution in [-0.2, 0) is 16.0 Å². The summed E-state index contributed by atoms with van der Waals surface area (Å²) in [4.78, 5) is 21.5. The van der Waals surface area contributed by atoms with E-state index in [1.165, 1.54) is 0 Å². The number of rotatable bonds is 9. The van der Waals surface area contributed by atoms with Crippen molar-refractivity contribution in [1.29, 1.82) is 0 Å². The number of benzene rings is 1. The van der Waals surface area contributed by atoms with Crippen LogP contribution in [0.4, 0.5) is 5.69 Å². The zero-order chi connectivity index (χ0) is 14.1. The normalized spacial score (nSPS) is 10.2. The Morgan fingerprint density at radius 1 is 1.26 bits per heavy atom. The van der Waals surface area contributed by atoms with E-state index in [-0.39, 0.29) is 0 Å². The van der Waals surface area contributed by atoms with Gasteiger partial charge in [-0.3, -0.25) is 9.59 Å². The number of amides is 1. The molecule has 1 N–H and O–H groups in total. The van der Waals surface area contributed by atoms with Gasteiger partial charge in [-0.1, -0.05) is 24.9 Å². The van der Waals surface area contributed by atoms with Crippen molar-refractivity contribution in [2.45, 2.75) is 45.4 Å². The SMILES string of the molecule is CCC(=O)CCCCCc1cc(Cl)cc(NC=O)c1. The number of hydrogen-bond acceptors (Lipinski definition) is 2. The van der Waals surface area contributed by atoms with Crippen molar-refractivity contribution in [2.24, 2.45) is 0 Å². The van der Waals surface area contributed by atoms with Crippen LogP contribution in [0.2, 0.25) is 5.02 Å². The fourth-order valence-electron chi connectivity index (χ4n) is 1.95. The van der Waals surface area contributed by atoms with Gasteiger partial charge in [-0.15, -0.1) is 0 Å². The molecule has 19 heavy (non-hydrogen) atoms. The summed E-state index contributed by atoms with van der Waals surface area (Å²) in [5, 5.41) is 3.23. The van der Waals surface area contributed by atoms with Crippen molar-refractivity contribution in [3.8, 4) is 0 Å². The Morgan fingerprint density at radius 2 is 2.05 bits per heavy atom. The summed E-state index contributed by atoms with van der Waals surface area (Å²) in [6.07, 6.45) is 5.89. The number of carbonyl (C=O) groups is 2. The summed E-state index contributed by atoms with van der Waals surface area (Å²) in [6.45, 7) is 1.90. The molecule has 0 saturated carbocycles. The van der Waals surface area contributed by atoms with Crippen molar-refractivity contribution in [2.75, 3.05) is 5.32 Å². The van der Waals surface area contributed by atoms with E-state index >= 15 is 0 Å². The molecule has 104 valence electrons. The van der Waals surface area contributed by atoms with Gasteiger partial charge in [-0.25, -0.2) is 0 Å². The summed E-state index contributed by atoms with van der Waals surface area (Å²) in [5.74, 6) is 0.334. The third-order valence-electron chi connectivity index (χ3n) is 3.00. The van der Waals surface area contributed by atoms with Crippen molar-refractivity contribution in [3.63, 3.8) is 0 Å². The Kier molecular flexibility index (Phi) is 7.19. The molecule has 4 heteroatoms. The van der Waals surface area contributed by atoms with Crippen LogP contribution in [0.1, 0.15) is 44.6 Å². The molecule has 0 fully saturated rings. The molecule has 1 aromatic rings. The number of Topliss-reactive ketones (excluding diaryl/α,β-unsaturated/α-hetero) is 1. The van der Waals surface area contributed by atoms with E-state index in [1.807, 2.05) is 19.1 Å². The highest BCUT2D eigenvalue weighted by Crippen LogP contribution is 2.20. The molecule has 0 aliphatic carbocycles. The molecule has 0 aliphatic rings. The lowest BCUT2D eigenvalue weighted by atomic mass is 10.0. The molecule has 0 spiro atoms. The molecule has 0 atom stereocenters. The molecule has 1 rings (SSSR count). The van der Waals surface area contributed by atoms with Gasteiger partial charge in [0.2, 0.25) is 6.41 Å². The van der Waals surface area contributed by atoms with E-state index in [0.717, 1.165) is 36.9 Å². The highest BCUT2D eigenvalue weighted by molar-refractivity contribution is 6.31. The smallest absolute Gasteiger partial charge is 0.211 e. The molecule has 0 heterocycles. The molecule has 0 unspecified atom stereocenters. The van der Waals surface area contributed by atoms with Crippen LogP contribution < -0.4 is 5.32 Å². The second-order valence-corrected chi connectivity index (χ2v) is 5.00. The first-order chi connectivity index (χ1) is 9.15. The topological polar surface area (TPSA) is 46.2 Å². The Bertz CT molecular complexity index is 432. The molecule has 3 nitrogen and oxygen atoms in total. The third kappa shape index (κ3) is 6.39. The van der Waals surface area contributed by atoms with E-state index in [1.54, 1.807) is 6.07 Å². The Balaban J connectivity index is 2.36. The summed E-state index contributed by atoms with van der Waals surface area (Å²) >= 11 is 5.99. The summed E-state index contributed by atoms with van der Waals surface area (Å²) < 4.78 is 0. The number of ketones is 1. The highest BCUT2D eigenvalue weighted by atomic mass is 35.5. The lowest BCUT2D eigenvalue weighted by Gasteiger charge is -2.06. The van der Waals surface area contributed by atoms with Crippen molar-refractivity contribution in [1.82, 2.24) is 0 Å². The minimum atomic E-state index is 0.334. The molecule has 0 radical (unpaired) electrons. The molecular formula is C15H20ClNO2. The molecule has 1 amide bonds. The van der Waals surface area contributed by atoms with Gasteiger partial charge in [0.05, 0.1) is 0 Å². The number of carbonyl (C=O) groups excluding carboxylic acids is 2. The molecule has 0 saturated heterocycles. The summed E-state index contributed by atoms with van der Waals surface area (Å²) in [7, 11) is 0. The van der Waals surface area contributed by atoms with Crippen LogP contribution >= 0.6 is 11.6 Å². The molecule has 0 aliphatic heterocycles. The van der Waals surface area contributed by atoms with Gasteiger partial charge in [0, 0.05) is 23.6 Å². The first kappa shape index (κ1) is 15.7. The van der Waals surface area contributed by atoms with Gasteiger partial charge in [-0.05, 0) is 43.0 Å². The summed E-state index contributed by atoms with van der Waals surface area (Å²) in [5.41, 5.74) is 1.83. The second-order valence-electron chi connectivity index (χ2n) is 4.56. The lowest BCUT2D eigenvalue weighted by Crippen LogP contribution is -1.96. The quantitative estimate of drug-likeness (QED) is 0.549. The number of aryl methyl sites for hydroxylation is 1. The van der Waals surface area contributed by atoms with E-state index in [0.29, 0.717) is 30.1 Å². The Labute approximate surface area is 119 Å². The van der Waals surface area contributed by atoms with E-state index in [9.17, 15) is 9.59 Å². The monoisotopic (exact) mass is 281 g/mol. The minimum Gasteiger partial charge on any atom is -0.329 e. The average molecular weight is 282 g/mol. The first-order valence-corrected chi connectivity index (χ1v) is 7.05. The summed E-state index contributed by atoms with van der Waals surface area (Å²) in [6, 6.07) is 5.56. The van der Waals surface area contributed by atoms with E-state index in [2.05, 4.69) is 5.32 Å². The first-order valence-electron chi connectivity index (χ1n) is 6.67. The van der Waals surface area contributed by atoms with Crippen molar-refractivity contribution < 1.29 is 9.59 Å². The number of hydrogen-bond donors (Lipinski definition) is 1. The van der Waals surface area contributed by atoms with Crippen molar-refractivity contribution in [3.05, 3.63) is 28.8 Å². The predicted molar refractivity (Wildman–Crippen MR) is 78.6 cm³/mol. The van der Waals surface area contributed by atoms with Crippen LogP contribution in [0.3, 0.4) is 0 Å². The fraction of sp³-hybridized carbons (Fsp3) is 0.467. The zero-order valence-electron chi connectivity index (χ0n) is 11.2. The molecule has 1 aromatic carbocycles. The highest BCUT2D eigenvalue weighted by Gasteiger charge is 2.01. The van der Waals surface area contributed by atoms with Gasteiger partial charge >= 0.3 is 0 Å². The molecule has 0 bridgehead atoms. The van der Waals surface area contributed by atoms with Gasteiger partial charge in [0.15, 0.2) is 0 Å². The van der Waals surface area contributed by atoms with Gasteiger partial charge in [0.25, 0.3) is 0 Å².